The summed E-state index contributed by atoms with van der Waals surface area (Å²) in [4.78, 5) is 43.4. The molecule has 3 amide bonds. The quantitative estimate of drug-likeness (QED) is 0.610. The van der Waals surface area contributed by atoms with E-state index in [2.05, 4.69) is 22.5 Å². The fourth-order valence-electron chi connectivity index (χ4n) is 3.85. The van der Waals surface area contributed by atoms with Gasteiger partial charge in [-0.3, -0.25) is 23.9 Å². The average Bonchev–Trinajstić information content (AvgIpc) is 3.23. The Balaban J connectivity index is 1.54. The molecule has 1 aliphatic rings. The molecule has 0 bridgehead atoms. The van der Waals surface area contributed by atoms with E-state index in [1.54, 1.807) is 29.2 Å². The molecule has 0 radical (unpaired) electrons. The molecule has 0 unspecified atom stereocenters. The Hall–Kier alpha value is -3.68. The van der Waals surface area contributed by atoms with Crippen LogP contribution in [0.3, 0.4) is 0 Å². The molecule has 2 heterocycles. The largest absolute Gasteiger partial charge is 0.326 e. The number of rotatable bonds is 7. The first-order valence-corrected chi connectivity index (χ1v) is 10.4. The van der Waals surface area contributed by atoms with E-state index in [-0.39, 0.29) is 24.1 Å². The predicted octanol–water partition coefficient (Wildman–Crippen LogP) is 3.71. The molecule has 1 atom stereocenters. The second-order valence-corrected chi connectivity index (χ2v) is 7.64. The first kappa shape index (κ1) is 20.6. The Labute approximate surface area is 180 Å². The second-order valence-electron chi connectivity index (χ2n) is 7.64. The van der Waals surface area contributed by atoms with E-state index < -0.39 is 6.04 Å². The normalized spacial score (nSPS) is 15.2. The maximum atomic E-state index is 13.2. The van der Waals surface area contributed by atoms with E-state index in [1.807, 2.05) is 28.8 Å². The van der Waals surface area contributed by atoms with Gasteiger partial charge in [0.25, 0.3) is 5.91 Å². The molecule has 0 saturated carbocycles. The number of aromatic nitrogens is 2. The number of imidazole rings is 1. The van der Waals surface area contributed by atoms with Gasteiger partial charge in [-0.15, -0.1) is 0 Å². The number of hydrogen-bond donors (Lipinski definition) is 2. The Morgan fingerprint density at radius 3 is 2.39 bits per heavy atom. The van der Waals surface area contributed by atoms with Crippen LogP contribution in [0.25, 0.3) is 11.0 Å². The topological polar surface area (TPSA) is 96.3 Å². The van der Waals surface area contributed by atoms with Crippen LogP contribution in [0.1, 0.15) is 39.2 Å². The molecule has 2 N–H and O–H groups in total. The van der Waals surface area contributed by atoms with Crippen LogP contribution in [0.5, 0.6) is 0 Å². The van der Waals surface area contributed by atoms with Crippen molar-refractivity contribution in [2.75, 3.05) is 22.1 Å². The van der Waals surface area contributed by atoms with Crippen molar-refractivity contribution in [1.82, 2.24) is 9.55 Å². The lowest BCUT2D eigenvalue weighted by molar-refractivity contribution is -0.124. The first-order valence-electron chi connectivity index (χ1n) is 10.4. The molecular weight excluding hydrogens is 394 g/mol. The van der Waals surface area contributed by atoms with Crippen LogP contribution in [-0.4, -0.2) is 33.8 Å². The van der Waals surface area contributed by atoms with Gasteiger partial charge in [-0.2, -0.15) is 0 Å². The SMILES string of the molecule is CCCCN1C(=O)[C@H](CC(=O)Nc2ccc(NC(C)=O)cc2)n2c1nc1ccccc12. The van der Waals surface area contributed by atoms with Crippen LogP contribution in [0.15, 0.2) is 48.5 Å². The van der Waals surface area contributed by atoms with Crippen molar-refractivity contribution < 1.29 is 14.4 Å². The monoisotopic (exact) mass is 419 g/mol. The van der Waals surface area contributed by atoms with Gasteiger partial charge in [0.2, 0.25) is 17.8 Å². The molecule has 8 heteroatoms. The summed E-state index contributed by atoms with van der Waals surface area (Å²) >= 11 is 0. The van der Waals surface area contributed by atoms with Gasteiger partial charge in [0, 0.05) is 24.8 Å². The molecule has 1 aliphatic heterocycles. The van der Waals surface area contributed by atoms with E-state index in [1.165, 1.54) is 6.92 Å². The molecular formula is C23H25N5O3. The van der Waals surface area contributed by atoms with Crippen molar-refractivity contribution >= 4 is 46.1 Å². The smallest absolute Gasteiger partial charge is 0.253 e. The number of benzene rings is 2. The minimum Gasteiger partial charge on any atom is -0.326 e. The number of anilines is 3. The van der Waals surface area contributed by atoms with Gasteiger partial charge >= 0.3 is 0 Å². The van der Waals surface area contributed by atoms with Crippen LogP contribution in [-0.2, 0) is 14.4 Å². The molecule has 2 aromatic carbocycles. The Bertz CT molecular complexity index is 1140. The summed E-state index contributed by atoms with van der Waals surface area (Å²) in [7, 11) is 0. The van der Waals surface area contributed by atoms with E-state index in [0.29, 0.717) is 23.9 Å². The minimum absolute atomic E-state index is 0.0161. The number of carbonyl (C=O) groups is 3. The Kier molecular flexibility index (Phi) is 5.70. The summed E-state index contributed by atoms with van der Waals surface area (Å²) in [5.74, 6) is 0.0918. The highest BCUT2D eigenvalue weighted by Gasteiger charge is 2.40. The van der Waals surface area contributed by atoms with E-state index in [0.717, 1.165) is 23.9 Å². The highest BCUT2D eigenvalue weighted by atomic mass is 16.2. The van der Waals surface area contributed by atoms with Crippen LogP contribution >= 0.6 is 0 Å². The van der Waals surface area contributed by atoms with E-state index in [4.69, 9.17) is 0 Å². The highest BCUT2D eigenvalue weighted by molar-refractivity contribution is 6.05. The van der Waals surface area contributed by atoms with Crippen molar-refractivity contribution in [1.29, 1.82) is 0 Å². The first-order chi connectivity index (χ1) is 15.0. The third kappa shape index (κ3) is 4.14. The molecule has 0 saturated heterocycles. The highest BCUT2D eigenvalue weighted by Crippen LogP contribution is 2.36. The number of amides is 3. The number of fused-ring (bicyclic) bond motifs is 3. The van der Waals surface area contributed by atoms with Crippen molar-refractivity contribution in [2.24, 2.45) is 0 Å². The van der Waals surface area contributed by atoms with Crippen molar-refractivity contribution in [3.05, 3.63) is 48.5 Å². The summed E-state index contributed by atoms with van der Waals surface area (Å²) < 4.78 is 1.88. The lowest BCUT2D eigenvalue weighted by Gasteiger charge is -2.15. The van der Waals surface area contributed by atoms with Gasteiger partial charge in [0.15, 0.2) is 0 Å². The zero-order chi connectivity index (χ0) is 22.0. The molecule has 160 valence electrons. The lowest BCUT2D eigenvalue weighted by Crippen LogP contribution is -2.32. The standard InChI is InChI=1S/C23H25N5O3/c1-3-4-13-27-22(31)20(28-19-8-6-5-7-18(19)26-23(27)28)14-21(30)25-17-11-9-16(10-12-17)24-15(2)29/h5-12,20H,3-4,13-14H2,1-2H3,(H,24,29)(H,25,30)/t20-/m0/s1. The molecule has 1 aromatic heterocycles. The summed E-state index contributed by atoms with van der Waals surface area (Å²) in [5.41, 5.74) is 2.91. The number of nitrogens with one attached hydrogen (secondary N) is 2. The third-order valence-corrected chi connectivity index (χ3v) is 5.28. The zero-order valence-corrected chi connectivity index (χ0v) is 17.6. The Morgan fingerprint density at radius 1 is 1.03 bits per heavy atom. The van der Waals surface area contributed by atoms with Crippen LogP contribution in [0.2, 0.25) is 0 Å². The number of para-hydroxylation sites is 2. The number of nitrogens with zero attached hydrogens (tertiary/aromatic N) is 3. The minimum atomic E-state index is -0.627. The van der Waals surface area contributed by atoms with Crippen molar-refractivity contribution in [2.45, 2.75) is 39.2 Å². The third-order valence-electron chi connectivity index (χ3n) is 5.28. The van der Waals surface area contributed by atoms with Gasteiger partial charge in [0.05, 0.1) is 17.5 Å². The molecule has 8 nitrogen and oxygen atoms in total. The average molecular weight is 419 g/mol. The molecule has 3 aromatic rings. The predicted molar refractivity (Wildman–Crippen MR) is 120 cm³/mol. The van der Waals surface area contributed by atoms with Gasteiger partial charge in [0.1, 0.15) is 6.04 Å². The molecule has 0 aliphatic carbocycles. The Morgan fingerprint density at radius 2 is 1.71 bits per heavy atom. The lowest BCUT2D eigenvalue weighted by atomic mass is 10.1. The van der Waals surface area contributed by atoms with E-state index >= 15 is 0 Å². The fourth-order valence-corrected chi connectivity index (χ4v) is 3.85. The fraction of sp³-hybridized carbons (Fsp3) is 0.304. The maximum absolute atomic E-state index is 13.2. The summed E-state index contributed by atoms with van der Waals surface area (Å²) in [6, 6.07) is 13.9. The van der Waals surface area contributed by atoms with Crippen LogP contribution < -0.4 is 15.5 Å². The second kappa shape index (κ2) is 8.59. The maximum Gasteiger partial charge on any atom is 0.253 e. The van der Waals surface area contributed by atoms with Gasteiger partial charge < -0.3 is 10.6 Å². The van der Waals surface area contributed by atoms with Crippen LogP contribution in [0.4, 0.5) is 17.3 Å². The number of hydrogen-bond acceptors (Lipinski definition) is 4. The molecule has 4 rings (SSSR count). The van der Waals surface area contributed by atoms with Crippen molar-refractivity contribution in [3.8, 4) is 0 Å². The van der Waals surface area contributed by atoms with Crippen molar-refractivity contribution in [3.63, 3.8) is 0 Å². The van der Waals surface area contributed by atoms with Gasteiger partial charge in [-0.05, 0) is 42.8 Å². The zero-order valence-electron chi connectivity index (χ0n) is 17.6. The molecule has 31 heavy (non-hydrogen) atoms. The summed E-state index contributed by atoms with van der Waals surface area (Å²) in [5, 5.41) is 5.53. The molecule has 0 fully saturated rings. The summed E-state index contributed by atoms with van der Waals surface area (Å²) in [6.45, 7) is 4.10. The molecule has 0 spiro atoms. The van der Waals surface area contributed by atoms with Crippen LogP contribution in [0, 0.1) is 0 Å². The summed E-state index contributed by atoms with van der Waals surface area (Å²) in [6.07, 6.45) is 1.85. The number of unbranched alkanes of at least 4 members (excludes halogenated alkanes) is 1. The van der Waals surface area contributed by atoms with Gasteiger partial charge in [-0.25, -0.2) is 4.98 Å². The number of carbonyl (C=O) groups excluding carboxylic acids is 3. The van der Waals surface area contributed by atoms with Gasteiger partial charge in [-0.1, -0.05) is 25.5 Å². The van der Waals surface area contributed by atoms with E-state index in [9.17, 15) is 14.4 Å².